The first-order valence-electron chi connectivity index (χ1n) is 6.77. The largest absolute Gasteiger partial charge is 0.405 e. The van der Waals surface area contributed by atoms with E-state index in [0.717, 1.165) is 0 Å². The highest BCUT2D eigenvalue weighted by molar-refractivity contribution is 6.32. The van der Waals surface area contributed by atoms with Gasteiger partial charge in [0.15, 0.2) is 0 Å². The summed E-state index contributed by atoms with van der Waals surface area (Å²) in [6.45, 7) is 3.69. The highest BCUT2D eigenvalue weighted by atomic mass is 35.5. The minimum atomic E-state index is -0.734. The molecule has 0 saturated carbocycles. The number of allylic oxidation sites excluding steroid dienone is 3. The first-order chi connectivity index (χ1) is 11.4. The Morgan fingerprint density at radius 1 is 1.42 bits per heavy atom. The van der Waals surface area contributed by atoms with E-state index in [1.54, 1.807) is 24.4 Å². The molecule has 0 aliphatic carbocycles. The number of benzene rings is 1. The topological polar surface area (TPSA) is 99.0 Å². The van der Waals surface area contributed by atoms with E-state index in [2.05, 4.69) is 17.0 Å². The van der Waals surface area contributed by atoms with Crippen molar-refractivity contribution in [2.45, 2.75) is 0 Å². The molecule has 124 valence electrons. The minimum Gasteiger partial charge on any atom is -0.405 e. The number of halogens is 2. The van der Waals surface area contributed by atoms with Gasteiger partial charge in [-0.25, -0.2) is 13.9 Å². The average molecular weight is 348 g/mol. The Labute approximate surface area is 142 Å². The van der Waals surface area contributed by atoms with Gasteiger partial charge >= 0.3 is 6.03 Å². The van der Waals surface area contributed by atoms with Crippen LogP contribution in [0.4, 0.5) is 9.18 Å². The van der Waals surface area contributed by atoms with Crippen LogP contribution in [0, 0.1) is 5.82 Å². The van der Waals surface area contributed by atoms with E-state index < -0.39 is 11.8 Å². The molecule has 1 heterocycles. The van der Waals surface area contributed by atoms with E-state index in [0.29, 0.717) is 17.0 Å². The molecular weight excluding hydrogens is 333 g/mol. The number of rotatable bonds is 5. The molecule has 0 fully saturated rings. The quantitative estimate of drug-likeness (QED) is 0.725. The Morgan fingerprint density at radius 2 is 2.17 bits per heavy atom. The summed E-state index contributed by atoms with van der Waals surface area (Å²) in [7, 11) is 0. The van der Waals surface area contributed by atoms with Crippen LogP contribution in [-0.2, 0) is 0 Å². The summed E-state index contributed by atoms with van der Waals surface area (Å²) in [5.41, 5.74) is 12.5. The van der Waals surface area contributed by atoms with Gasteiger partial charge in [0.05, 0.1) is 22.6 Å². The molecular formula is C16H15ClFN5O. The minimum absolute atomic E-state index is 0.199. The Morgan fingerprint density at radius 3 is 2.79 bits per heavy atom. The molecule has 0 spiro atoms. The summed E-state index contributed by atoms with van der Waals surface area (Å²) < 4.78 is 14.8. The van der Waals surface area contributed by atoms with Gasteiger partial charge in [-0.05, 0) is 42.6 Å². The number of hydrogen-bond acceptors (Lipinski definition) is 3. The summed E-state index contributed by atoms with van der Waals surface area (Å²) >= 11 is 6.10. The van der Waals surface area contributed by atoms with Gasteiger partial charge in [-0.2, -0.15) is 5.10 Å². The maximum absolute atomic E-state index is 13.2. The first-order valence-corrected chi connectivity index (χ1v) is 7.15. The molecule has 8 heteroatoms. The summed E-state index contributed by atoms with van der Waals surface area (Å²) in [5.74, 6) is -0.450. The molecule has 24 heavy (non-hydrogen) atoms. The van der Waals surface area contributed by atoms with Crippen LogP contribution in [0.3, 0.4) is 0 Å². The van der Waals surface area contributed by atoms with Crippen LogP contribution in [0.2, 0.25) is 5.02 Å². The van der Waals surface area contributed by atoms with Crippen molar-refractivity contribution < 1.29 is 9.18 Å². The van der Waals surface area contributed by atoms with E-state index in [-0.39, 0.29) is 10.7 Å². The van der Waals surface area contributed by atoms with E-state index in [1.807, 2.05) is 0 Å². The molecule has 0 aliphatic rings. The lowest BCUT2D eigenvalue weighted by molar-refractivity contribution is 0.251. The molecule has 0 aliphatic heterocycles. The smallest absolute Gasteiger partial charge is 0.316 e. The number of amides is 2. The number of nitrogens with one attached hydrogen (secondary N) is 1. The first kappa shape index (κ1) is 17.3. The lowest BCUT2D eigenvalue weighted by Crippen LogP contribution is -2.27. The van der Waals surface area contributed by atoms with Crippen molar-refractivity contribution in [3.05, 3.63) is 77.6 Å². The van der Waals surface area contributed by atoms with Crippen molar-refractivity contribution >= 4 is 23.2 Å². The normalized spacial score (nSPS) is 11.7. The Bertz CT molecular complexity index is 841. The van der Waals surface area contributed by atoms with Crippen molar-refractivity contribution in [2.24, 2.45) is 11.5 Å². The van der Waals surface area contributed by atoms with Gasteiger partial charge < -0.3 is 16.8 Å². The summed E-state index contributed by atoms with van der Waals surface area (Å²) in [5, 5.41) is 6.76. The van der Waals surface area contributed by atoms with Crippen LogP contribution >= 0.6 is 11.6 Å². The van der Waals surface area contributed by atoms with Crippen LogP contribution in [0.5, 0.6) is 0 Å². The van der Waals surface area contributed by atoms with E-state index >= 15 is 0 Å². The molecule has 0 saturated heterocycles. The van der Waals surface area contributed by atoms with Crippen LogP contribution in [-0.4, -0.2) is 15.8 Å². The average Bonchev–Trinajstić information content (AvgIpc) is 2.95. The third-order valence-electron chi connectivity index (χ3n) is 2.97. The van der Waals surface area contributed by atoms with Gasteiger partial charge in [-0.15, -0.1) is 0 Å². The lowest BCUT2D eigenvalue weighted by atomic mass is 10.1. The molecule has 6 nitrogen and oxygen atoms in total. The van der Waals surface area contributed by atoms with Crippen LogP contribution in [0.25, 0.3) is 11.3 Å². The zero-order chi connectivity index (χ0) is 17.7. The number of urea groups is 1. The van der Waals surface area contributed by atoms with Crippen molar-refractivity contribution in [2.75, 3.05) is 0 Å². The number of hydrogen-bond donors (Lipinski definition) is 3. The highest BCUT2D eigenvalue weighted by Crippen LogP contribution is 2.26. The van der Waals surface area contributed by atoms with E-state index in [9.17, 15) is 9.18 Å². The monoisotopic (exact) mass is 347 g/mol. The molecule has 2 rings (SSSR count). The van der Waals surface area contributed by atoms with Crippen molar-refractivity contribution in [3.63, 3.8) is 0 Å². The number of aromatic nitrogens is 2. The summed E-state index contributed by atoms with van der Waals surface area (Å²) in [6, 6.07) is 4.96. The fraction of sp³-hybridized carbons (Fsp3) is 0. The Hall–Kier alpha value is -3.06. The zero-order valence-corrected chi connectivity index (χ0v) is 13.3. The Kier molecular flexibility index (Phi) is 5.39. The van der Waals surface area contributed by atoms with Gasteiger partial charge in [0, 0.05) is 11.3 Å². The van der Waals surface area contributed by atoms with Crippen LogP contribution in [0.1, 0.15) is 5.69 Å². The molecule has 1 aromatic carbocycles. The second-order valence-corrected chi connectivity index (χ2v) is 5.10. The molecule has 0 bridgehead atoms. The second kappa shape index (κ2) is 7.47. The fourth-order valence-corrected chi connectivity index (χ4v) is 2.31. The lowest BCUT2D eigenvalue weighted by Gasteiger charge is -2.11. The van der Waals surface area contributed by atoms with Crippen molar-refractivity contribution in [3.8, 4) is 5.69 Å². The third kappa shape index (κ3) is 4.02. The Balaban J connectivity index is 2.50. The number of nitrogens with zero attached hydrogens (tertiary/aromatic N) is 2. The maximum atomic E-state index is 13.2. The molecule has 0 radical (unpaired) electrons. The van der Waals surface area contributed by atoms with Gasteiger partial charge in [-0.1, -0.05) is 18.2 Å². The van der Waals surface area contributed by atoms with Crippen molar-refractivity contribution in [1.82, 2.24) is 15.1 Å². The van der Waals surface area contributed by atoms with Gasteiger partial charge in [0.1, 0.15) is 5.82 Å². The molecule has 1 aromatic heterocycles. The van der Waals surface area contributed by atoms with Crippen molar-refractivity contribution in [1.29, 1.82) is 0 Å². The molecule has 0 atom stereocenters. The SMILES string of the molecule is C=C(/C=C(\C=C/N)c1ccnn1-c1ccc(F)cc1Cl)NC(N)=O. The summed E-state index contributed by atoms with van der Waals surface area (Å²) in [6.07, 6.45) is 6.04. The van der Waals surface area contributed by atoms with E-state index in [1.165, 1.54) is 29.1 Å². The molecule has 2 aromatic rings. The molecule has 2 amide bonds. The number of nitrogens with two attached hydrogens (primary N) is 2. The second-order valence-electron chi connectivity index (χ2n) is 4.70. The van der Waals surface area contributed by atoms with Gasteiger partial charge in [0.2, 0.25) is 0 Å². The van der Waals surface area contributed by atoms with E-state index in [4.69, 9.17) is 23.1 Å². The number of primary amides is 1. The maximum Gasteiger partial charge on any atom is 0.316 e. The highest BCUT2D eigenvalue weighted by Gasteiger charge is 2.12. The molecule has 5 N–H and O–H groups in total. The van der Waals surface area contributed by atoms with Crippen LogP contribution in [0.15, 0.2) is 61.1 Å². The molecule has 0 unspecified atom stereocenters. The number of carbonyl (C=O) groups is 1. The van der Waals surface area contributed by atoms with Gasteiger partial charge in [-0.3, -0.25) is 0 Å². The van der Waals surface area contributed by atoms with Gasteiger partial charge in [0.25, 0.3) is 0 Å². The predicted octanol–water partition coefficient (Wildman–Crippen LogP) is 2.70. The predicted molar refractivity (Wildman–Crippen MR) is 91.7 cm³/mol. The summed E-state index contributed by atoms with van der Waals surface area (Å²) in [4.78, 5) is 10.9. The fourth-order valence-electron chi connectivity index (χ4n) is 2.06. The zero-order valence-electron chi connectivity index (χ0n) is 12.5. The third-order valence-corrected chi connectivity index (χ3v) is 3.27. The van der Waals surface area contributed by atoms with Crippen LogP contribution < -0.4 is 16.8 Å². The standard InChI is InChI=1S/C16H15ClFN5O/c1-10(22-16(20)24)8-11(4-6-19)14-5-7-21-23(14)15-3-2-12(18)9-13(15)17/h2-9H,1,19H2,(H3,20,22,24)/b6-4-,11-8+. The number of carbonyl (C=O) groups excluding carboxylic acids is 1.